The molecule has 0 heterocycles. The zero-order valence-corrected chi connectivity index (χ0v) is 11.4. The van der Waals surface area contributed by atoms with Crippen LogP contribution in [0.4, 0.5) is 10.1 Å². The Morgan fingerprint density at radius 2 is 2.05 bits per heavy atom. The normalized spacial score (nSPS) is 10.3. The Morgan fingerprint density at radius 1 is 1.30 bits per heavy atom. The lowest BCUT2D eigenvalue weighted by molar-refractivity contribution is -0.384. The molecule has 0 atom stereocenters. The summed E-state index contributed by atoms with van der Waals surface area (Å²) in [5.74, 6) is 0.212. The first-order valence-electron chi connectivity index (χ1n) is 5.79. The maximum absolute atomic E-state index is 13.1. The number of hydrogen-bond acceptors (Lipinski definition) is 3. The van der Waals surface area contributed by atoms with Crippen molar-refractivity contribution in [2.24, 2.45) is 0 Å². The highest BCUT2D eigenvalue weighted by Crippen LogP contribution is 2.24. The first-order chi connectivity index (χ1) is 9.47. The molecule has 20 heavy (non-hydrogen) atoms. The third-order valence-electron chi connectivity index (χ3n) is 2.77. The number of nitro groups is 1. The minimum atomic E-state index is -0.514. The van der Waals surface area contributed by atoms with Gasteiger partial charge in [-0.3, -0.25) is 10.1 Å². The molecule has 0 saturated carbocycles. The fourth-order valence-corrected chi connectivity index (χ4v) is 1.86. The van der Waals surface area contributed by atoms with Gasteiger partial charge in [-0.2, -0.15) is 0 Å². The third-order valence-corrected chi connectivity index (χ3v) is 3.12. The Bertz CT molecular complexity index is 661. The van der Waals surface area contributed by atoms with Gasteiger partial charge in [-0.1, -0.05) is 11.6 Å². The van der Waals surface area contributed by atoms with Gasteiger partial charge in [0.1, 0.15) is 18.2 Å². The van der Waals surface area contributed by atoms with E-state index in [0.717, 1.165) is 0 Å². The van der Waals surface area contributed by atoms with Crippen LogP contribution in [0, 0.1) is 22.9 Å². The monoisotopic (exact) mass is 295 g/mol. The van der Waals surface area contributed by atoms with Crippen molar-refractivity contribution in [2.45, 2.75) is 13.5 Å². The second-order valence-corrected chi connectivity index (χ2v) is 4.64. The Labute approximate surface area is 119 Å². The molecular formula is C14H11ClFNO3. The van der Waals surface area contributed by atoms with Crippen LogP contribution in [0.1, 0.15) is 11.1 Å². The fraction of sp³-hybridized carbons (Fsp3) is 0.143. The van der Waals surface area contributed by atoms with Gasteiger partial charge in [0.25, 0.3) is 5.69 Å². The first kappa shape index (κ1) is 14.3. The van der Waals surface area contributed by atoms with Crippen LogP contribution < -0.4 is 4.74 Å². The third kappa shape index (κ3) is 3.24. The second-order valence-electron chi connectivity index (χ2n) is 4.23. The van der Waals surface area contributed by atoms with Gasteiger partial charge in [0.2, 0.25) is 0 Å². The second kappa shape index (κ2) is 5.88. The van der Waals surface area contributed by atoms with Crippen LogP contribution in [-0.4, -0.2) is 4.92 Å². The van der Waals surface area contributed by atoms with E-state index in [1.165, 1.54) is 30.3 Å². The topological polar surface area (TPSA) is 52.4 Å². The lowest BCUT2D eigenvalue weighted by atomic mass is 10.2. The van der Waals surface area contributed by atoms with Crippen LogP contribution in [0.15, 0.2) is 36.4 Å². The van der Waals surface area contributed by atoms with Gasteiger partial charge in [-0.05, 0) is 36.8 Å². The lowest BCUT2D eigenvalue weighted by Crippen LogP contribution is -1.98. The molecule has 0 aliphatic rings. The largest absolute Gasteiger partial charge is 0.489 e. The van der Waals surface area contributed by atoms with E-state index in [-0.39, 0.29) is 23.1 Å². The zero-order valence-electron chi connectivity index (χ0n) is 10.6. The summed E-state index contributed by atoms with van der Waals surface area (Å²) in [5.41, 5.74) is 1.04. The smallest absolute Gasteiger partial charge is 0.270 e. The number of hydrogen-bond donors (Lipinski definition) is 0. The molecule has 0 aliphatic carbocycles. The molecule has 0 spiro atoms. The van der Waals surface area contributed by atoms with E-state index < -0.39 is 4.92 Å². The average Bonchev–Trinajstić information content (AvgIpc) is 2.41. The summed E-state index contributed by atoms with van der Waals surface area (Å²) in [4.78, 5) is 10.1. The molecule has 0 amide bonds. The van der Waals surface area contributed by atoms with Crippen molar-refractivity contribution in [3.8, 4) is 5.75 Å². The van der Waals surface area contributed by atoms with Gasteiger partial charge >= 0.3 is 0 Å². The summed E-state index contributed by atoms with van der Waals surface area (Å²) < 4.78 is 18.6. The minimum Gasteiger partial charge on any atom is -0.489 e. The molecule has 2 aromatic rings. The summed E-state index contributed by atoms with van der Waals surface area (Å²) in [6, 6.07) is 8.59. The highest BCUT2D eigenvalue weighted by molar-refractivity contribution is 6.31. The molecule has 0 aliphatic heterocycles. The standard InChI is InChI=1S/C14H11ClFNO3/c1-9-6-12(4-5-14(9)16)20-8-10-2-3-11(17(18)19)7-13(10)15/h2-7H,8H2,1H3. The Balaban J connectivity index is 2.10. The van der Waals surface area contributed by atoms with E-state index in [9.17, 15) is 14.5 Å². The van der Waals surface area contributed by atoms with Crippen LogP contribution in [0.5, 0.6) is 5.75 Å². The molecule has 0 radical (unpaired) electrons. The van der Waals surface area contributed by atoms with Crippen LogP contribution in [-0.2, 0) is 6.61 Å². The summed E-state index contributed by atoms with van der Waals surface area (Å²) in [6.07, 6.45) is 0. The van der Waals surface area contributed by atoms with Gasteiger partial charge < -0.3 is 4.74 Å². The number of nitrogens with zero attached hydrogens (tertiary/aromatic N) is 1. The van der Waals surface area contributed by atoms with Gasteiger partial charge in [0.15, 0.2) is 0 Å². The Morgan fingerprint density at radius 3 is 2.65 bits per heavy atom. The van der Waals surface area contributed by atoms with Crippen molar-refractivity contribution in [1.29, 1.82) is 0 Å². The quantitative estimate of drug-likeness (QED) is 0.625. The van der Waals surface area contributed by atoms with Crippen molar-refractivity contribution >= 4 is 17.3 Å². The lowest BCUT2D eigenvalue weighted by Gasteiger charge is -2.08. The summed E-state index contributed by atoms with van der Waals surface area (Å²) >= 11 is 5.95. The van der Waals surface area contributed by atoms with Gasteiger partial charge in [-0.25, -0.2) is 4.39 Å². The molecule has 0 aromatic heterocycles. The molecule has 6 heteroatoms. The number of ether oxygens (including phenoxy) is 1. The van der Waals surface area contributed by atoms with E-state index in [1.54, 1.807) is 13.0 Å². The minimum absolute atomic E-state index is 0.0728. The van der Waals surface area contributed by atoms with Crippen molar-refractivity contribution in [3.63, 3.8) is 0 Å². The average molecular weight is 296 g/mol. The number of nitro benzene ring substituents is 1. The fourth-order valence-electron chi connectivity index (χ4n) is 1.63. The van der Waals surface area contributed by atoms with Crippen LogP contribution in [0.25, 0.3) is 0 Å². The zero-order chi connectivity index (χ0) is 14.7. The van der Waals surface area contributed by atoms with Crippen molar-refractivity contribution < 1.29 is 14.1 Å². The number of rotatable bonds is 4. The Kier molecular flexibility index (Phi) is 4.20. The van der Waals surface area contributed by atoms with E-state index in [1.807, 2.05) is 0 Å². The van der Waals surface area contributed by atoms with Crippen molar-refractivity contribution in [1.82, 2.24) is 0 Å². The number of non-ortho nitro benzene ring substituents is 1. The maximum Gasteiger partial charge on any atom is 0.270 e. The predicted octanol–water partition coefficient (Wildman–Crippen LogP) is 4.27. The molecule has 2 rings (SSSR count). The van der Waals surface area contributed by atoms with E-state index in [2.05, 4.69) is 0 Å². The summed E-state index contributed by atoms with van der Waals surface area (Å²) in [7, 11) is 0. The van der Waals surface area contributed by atoms with Gasteiger partial charge in [-0.15, -0.1) is 0 Å². The predicted molar refractivity (Wildman–Crippen MR) is 73.6 cm³/mol. The number of benzene rings is 2. The van der Waals surface area contributed by atoms with Crippen LogP contribution >= 0.6 is 11.6 Å². The first-order valence-corrected chi connectivity index (χ1v) is 6.17. The molecule has 0 unspecified atom stereocenters. The number of halogens is 2. The van der Waals surface area contributed by atoms with Crippen molar-refractivity contribution in [2.75, 3.05) is 0 Å². The highest BCUT2D eigenvalue weighted by atomic mass is 35.5. The molecule has 0 saturated heterocycles. The SMILES string of the molecule is Cc1cc(OCc2ccc([N+](=O)[O-])cc2Cl)ccc1F. The molecule has 4 nitrogen and oxygen atoms in total. The Hall–Kier alpha value is -2.14. The van der Waals surface area contributed by atoms with Crippen molar-refractivity contribution in [3.05, 3.63) is 68.5 Å². The maximum atomic E-state index is 13.1. The highest BCUT2D eigenvalue weighted by Gasteiger charge is 2.10. The van der Waals surface area contributed by atoms with E-state index in [4.69, 9.17) is 16.3 Å². The van der Waals surface area contributed by atoms with Gasteiger partial charge in [0, 0.05) is 17.7 Å². The molecule has 0 bridgehead atoms. The molecular weight excluding hydrogens is 285 g/mol. The summed E-state index contributed by atoms with van der Waals surface area (Å²) in [6.45, 7) is 1.79. The molecule has 0 N–H and O–H groups in total. The van der Waals surface area contributed by atoms with Gasteiger partial charge in [0.05, 0.1) is 9.95 Å². The van der Waals surface area contributed by atoms with Crippen LogP contribution in [0.2, 0.25) is 5.02 Å². The molecule has 2 aromatic carbocycles. The molecule has 0 fully saturated rings. The molecule has 104 valence electrons. The number of aryl methyl sites for hydroxylation is 1. The summed E-state index contributed by atoms with van der Waals surface area (Å²) in [5, 5.41) is 10.9. The van der Waals surface area contributed by atoms with E-state index >= 15 is 0 Å². The van der Waals surface area contributed by atoms with Crippen LogP contribution in [0.3, 0.4) is 0 Å². The van der Waals surface area contributed by atoms with E-state index in [0.29, 0.717) is 16.9 Å².